The van der Waals surface area contributed by atoms with Gasteiger partial charge in [0.25, 0.3) is 0 Å². The first kappa shape index (κ1) is 14.6. The van der Waals surface area contributed by atoms with Crippen molar-refractivity contribution in [3.05, 3.63) is 34.9 Å². The summed E-state index contributed by atoms with van der Waals surface area (Å²) in [7, 11) is 0. The number of hydrogen-bond acceptors (Lipinski definition) is 1. The first-order chi connectivity index (χ1) is 10.6. The summed E-state index contributed by atoms with van der Waals surface area (Å²) in [5, 5.41) is 3.98. The second-order valence-electron chi connectivity index (χ2n) is 7.71. The standard InChI is InChI=1S/C19H24ClNO/c1-11(16-4-2-3-5-17(16)20)21-19(22)18-14-7-12-6-13(9-14)10-15(18)8-12/h2-5,11-15,18H,6-10H2,1H3,(H,21,22). The van der Waals surface area contributed by atoms with Gasteiger partial charge in [-0.3, -0.25) is 4.79 Å². The van der Waals surface area contributed by atoms with Gasteiger partial charge in [0.15, 0.2) is 0 Å². The molecule has 5 rings (SSSR count). The Morgan fingerprint density at radius 2 is 1.68 bits per heavy atom. The zero-order chi connectivity index (χ0) is 15.3. The Morgan fingerprint density at radius 3 is 2.27 bits per heavy atom. The van der Waals surface area contributed by atoms with Gasteiger partial charge in [-0.2, -0.15) is 0 Å². The number of rotatable bonds is 3. The van der Waals surface area contributed by atoms with Gasteiger partial charge < -0.3 is 5.32 Å². The molecular formula is C19H24ClNO. The molecule has 1 aromatic rings. The van der Waals surface area contributed by atoms with Gasteiger partial charge in [-0.1, -0.05) is 29.8 Å². The third-order valence-electron chi connectivity index (χ3n) is 6.26. The molecule has 0 spiro atoms. The quantitative estimate of drug-likeness (QED) is 0.868. The summed E-state index contributed by atoms with van der Waals surface area (Å²) in [6, 6.07) is 7.79. The fraction of sp³-hybridized carbons (Fsp3) is 0.632. The summed E-state index contributed by atoms with van der Waals surface area (Å²) in [4.78, 5) is 12.9. The molecule has 0 aliphatic heterocycles. The number of amides is 1. The lowest BCUT2D eigenvalue weighted by Gasteiger charge is -2.53. The number of halogens is 1. The topological polar surface area (TPSA) is 29.1 Å². The van der Waals surface area contributed by atoms with Crippen LogP contribution in [-0.4, -0.2) is 5.91 Å². The van der Waals surface area contributed by atoms with Crippen LogP contribution in [0.3, 0.4) is 0 Å². The van der Waals surface area contributed by atoms with Crippen LogP contribution in [0.4, 0.5) is 0 Å². The van der Waals surface area contributed by atoms with Gasteiger partial charge in [-0.05, 0) is 74.3 Å². The van der Waals surface area contributed by atoms with E-state index in [2.05, 4.69) is 5.32 Å². The number of carbonyl (C=O) groups excluding carboxylic acids is 1. The first-order valence-corrected chi connectivity index (χ1v) is 9.04. The molecule has 0 aromatic heterocycles. The summed E-state index contributed by atoms with van der Waals surface area (Å²) in [5.74, 6) is 3.60. The minimum Gasteiger partial charge on any atom is -0.349 e. The average molecular weight is 318 g/mol. The molecule has 4 aliphatic carbocycles. The Hall–Kier alpha value is -1.02. The first-order valence-electron chi connectivity index (χ1n) is 8.66. The van der Waals surface area contributed by atoms with E-state index in [-0.39, 0.29) is 17.9 Å². The second kappa shape index (κ2) is 5.56. The SMILES string of the molecule is CC(NC(=O)C1C2CC3CC(C2)CC1C3)c1ccccc1Cl. The average Bonchev–Trinajstić information content (AvgIpc) is 2.46. The molecule has 0 radical (unpaired) electrons. The molecule has 22 heavy (non-hydrogen) atoms. The van der Waals surface area contributed by atoms with Crippen molar-refractivity contribution in [2.75, 3.05) is 0 Å². The van der Waals surface area contributed by atoms with Crippen molar-refractivity contribution in [1.82, 2.24) is 5.32 Å². The van der Waals surface area contributed by atoms with E-state index in [4.69, 9.17) is 11.6 Å². The summed E-state index contributed by atoms with van der Waals surface area (Å²) < 4.78 is 0. The highest BCUT2D eigenvalue weighted by Crippen LogP contribution is 2.56. The van der Waals surface area contributed by atoms with E-state index >= 15 is 0 Å². The molecule has 4 bridgehead atoms. The van der Waals surface area contributed by atoms with Gasteiger partial charge in [0.1, 0.15) is 0 Å². The van der Waals surface area contributed by atoms with E-state index in [1.807, 2.05) is 31.2 Å². The van der Waals surface area contributed by atoms with E-state index < -0.39 is 0 Å². The Morgan fingerprint density at radius 1 is 1.09 bits per heavy atom. The highest BCUT2D eigenvalue weighted by molar-refractivity contribution is 6.31. The number of carbonyl (C=O) groups is 1. The van der Waals surface area contributed by atoms with Gasteiger partial charge in [-0.25, -0.2) is 0 Å². The largest absolute Gasteiger partial charge is 0.349 e. The van der Waals surface area contributed by atoms with Gasteiger partial charge in [0.05, 0.1) is 6.04 Å². The van der Waals surface area contributed by atoms with Crippen LogP contribution in [0.5, 0.6) is 0 Å². The third kappa shape index (κ3) is 2.46. The predicted octanol–water partition coefficient (Wildman–Crippen LogP) is 4.59. The Bertz CT molecular complexity index is 557. The molecule has 1 N–H and O–H groups in total. The number of hydrogen-bond donors (Lipinski definition) is 1. The lowest BCUT2D eigenvalue weighted by atomic mass is 9.51. The predicted molar refractivity (Wildman–Crippen MR) is 88.5 cm³/mol. The van der Waals surface area contributed by atoms with E-state index in [0.29, 0.717) is 11.8 Å². The van der Waals surface area contributed by atoms with E-state index in [0.717, 1.165) is 22.4 Å². The van der Waals surface area contributed by atoms with Crippen LogP contribution in [0.25, 0.3) is 0 Å². The van der Waals surface area contributed by atoms with Crippen molar-refractivity contribution in [2.24, 2.45) is 29.6 Å². The second-order valence-corrected chi connectivity index (χ2v) is 8.12. The van der Waals surface area contributed by atoms with E-state index in [9.17, 15) is 4.79 Å². The van der Waals surface area contributed by atoms with Crippen LogP contribution >= 0.6 is 11.6 Å². The summed E-state index contributed by atoms with van der Waals surface area (Å²) in [6.07, 6.45) is 6.56. The van der Waals surface area contributed by atoms with Crippen LogP contribution < -0.4 is 5.32 Å². The highest BCUT2D eigenvalue weighted by atomic mass is 35.5. The monoisotopic (exact) mass is 317 g/mol. The minimum atomic E-state index is -0.0154. The zero-order valence-electron chi connectivity index (χ0n) is 13.1. The Balaban J connectivity index is 1.47. The third-order valence-corrected chi connectivity index (χ3v) is 6.60. The molecule has 2 nitrogen and oxygen atoms in total. The number of nitrogens with one attached hydrogen (secondary N) is 1. The molecule has 118 valence electrons. The Labute approximate surface area is 137 Å². The van der Waals surface area contributed by atoms with Gasteiger partial charge in [-0.15, -0.1) is 0 Å². The molecule has 4 saturated carbocycles. The van der Waals surface area contributed by atoms with Crippen LogP contribution in [0.1, 0.15) is 50.6 Å². The van der Waals surface area contributed by atoms with Gasteiger partial charge >= 0.3 is 0 Å². The smallest absolute Gasteiger partial charge is 0.224 e. The van der Waals surface area contributed by atoms with E-state index in [1.54, 1.807) is 0 Å². The fourth-order valence-electron chi connectivity index (χ4n) is 5.57. The number of benzene rings is 1. The minimum absolute atomic E-state index is 0.0154. The van der Waals surface area contributed by atoms with Crippen LogP contribution in [-0.2, 0) is 4.79 Å². The maximum absolute atomic E-state index is 12.9. The van der Waals surface area contributed by atoms with Crippen molar-refractivity contribution in [3.63, 3.8) is 0 Å². The van der Waals surface area contributed by atoms with Crippen molar-refractivity contribution >= 4 is 17.5 Å². The molecule has 1 amide bonds. The van der Waals surface area contributed by atoms with Crippen LogP contribution in [0.15, 0.2) is 24.3 Å². The molecule has 3 heteroatoms. The zero-order valence-corrected chi connectivity index (χ0v) is 13.9. The maximum atomic E-state index is 12.9. The highest BCUT2D eigenvalue weighted by Gasteiger charge is 2.50. The molecule has 1 unspecified atom stereocenters. The summed E-state index contributed by atoms with van der Waals surface area (Å²) in [6.45, 7) is 2.04. The Kier molecular flexibility index (Phi) is 3.68. The maximum Gasteiger partial charge on any atom is 0.224 e. The van der Waals surface area contributed by atoms with E-state index in [1.165, 1.54) is 32.1 Å². The molecule has 1 aromatic carbocycles. The van der Waals surface area contributed by atoms with Crippen molar-refractivity contribution in [1.29, 1.82) is 0 Å². The normalized spacial score (nSPS) is 37.1. The summed E-state index contributed by atoms with van der Waals surface area (Å²) >= 11 is 6.26. The molecule has 0 saturated heterocycles. The molecule has 0 heterocycles. The van der Waals surface area contributed by atoms with Crippen molar-refractivity contribution in [3.8, 4) is 0 Å². The van der Waals surface area contributed by atoms with Crippen LogP contribution in [0.2, 0.25) is 5.02 Å². The fourth-order valence-corrected chi connectivity index (χ4v) is 5.87. The van der Waals surface area contributed by atoms with Crippen molar-refractivity contribution < 1.29 is 4.79 Å². The van der Waals surface area contributed by atoms with Crippen molar-refractivity contribution in [2.45, 2.75) is 45.1 Å². The molecule has 4 aliphatic rings. The lowest BCUT2D eigenvalue weighted by Crippen LogP contribution is -2.51. The lowest BCUT2D eigenvalue weighted by molar-refractivity contribution is -0.138. The molecule has 1 atom stereocenters. The van der Waals surface area contributed by atoms with Crippen LogP contribution in [0, 0.1) is 29.6 Å². The summed E-state index contributed by atoms with van der Waals surface area (Å²) in [5.41, 5.74) is 1.02. The van der Waals surface area contributed by atoms with Gasteiger partial charge in [0, 0.05) is 10.9 Å². The molecule has 4 fully saturated rings. The van der Waals surface area contributed by atoms with Gasteiger partial charge in [0.2, 0.25) is 5.91 Å². The molecular weight excluding hydrogens is 294 g/mol.